The van der Waals surface area contributed by atoms with Gasteiger partial charge in [-0.1, -0.05) is 41.9 Å². The normalized spacial score (nSPS) is 15.8. The van der Waals surface area contributed by atoms with Crippen LogP contribution in [-0.4, -0.2) is 20.9 Å². The summed E-state index contributed by atoms with van der Waals surface area (Å²) in [6.07, 6.45) is 2.95. The van der Waals surface area contributed by atoms with Gasteiger partial charge in [-0.2, -0.15) is 5.10 Å². The largest absolute Gasteiger partial charge is 0.315 e. The predicted octanol–water partition coefficient (Wildman–Crippen LogP) is 4.73. The van der Waals surface area contributed by atoms with Crippen molar-refractivity contribution in [2.24, 2.45) is 0 Å². The van der Waals surface area contributed by atoms with Crippen LogP contribution in [0.1, 0.15) is 18.1 Å². The van der Waals surface area contributed by atoms with Crippen LogP contribution in [0.5, 0.6) is 0 Å². The van der Waals surface area contributed by atoms with E-state index in [0.717, 1.165) is 22.8 Å². The van der Waals surface area contributed by atoms with Crippen molar-refractivity contribution in [2.75, 3.05) is 10.2 Å². The first-order chi connectivity index (χ1) is 12.6. The topological polar surface area (TPSA) is 33.1 Å². The van der Waals surface area contributed by atoms with Gasteiger partial charge in [0.15, 0.2) is 10.9 Å². The first kappa shape index (κ1) is 17.1. The van der Waals surface area contributed by atoms with E-state index < -0.39 is 0 Å². The van der Waals surface area contributed by atoms with E-state index in [0.29, 0.717) is 17.7 Å². The van der Waals surface area contributed by atoms with Crippen molar-refractivity contribution in [1.29, 1.82) is 0 Å². The van der Waals surface area contributed by atoms with Crippen molar-refractivity contribution in [2.45, 2.75) is 25.9 Å². The fourth-order valence-electron chi connectivity index (χ4n) is 3.34. The molecule has 1 N–H and O–H groups in total. The molecule has 0 saturated carbocycles. The summed E-state index contributed by atoms with van der Waals surface area (Å²) < 4.78 is 1.88. The van der Waals surface area contributed by atoms with Gasteiger partial charge in [-0.25, -0.2) is 0 Å². The molecule has 1 atom stereocenters. The van der Waals surface area contributed by atoms with Gasteiger partial charge in [-0.3, -0.25) is 4.68 Å². The third kappa shape index (κ3) is 3.45. The van der Waals surface area contributed by atoms with Crippen molar-refractivity contribution in [3.8, 4) is 0 Å². The lowest BCUT2D eigenvalue weighted by atomic mass is 10.1. The van der Waals surface area contributed by atoms with Crippen molar-refractivity contribution in [3.63, 3.8) is 0 Å². The van der Waals surface area contributed by atoms with E-state index in [1.165, 1.54) is 11.3 Å². The number of hydrogen-bond acceptors (Lipinski definition) is 2. The number of halogens is 1. The number of thiocarbonyl (C=S) groups is 1. The van der Waals surface area contributed by atoms with E-state index in [1.807, 2.05) is 47.3 Å². The maximum atomic E-state index is 5.93. The van der Waals surface area contributed by atoms with Gasteiger partial charge in [0.05, 0.1) is 6.54 Å². The van der Waals surface area contributed by atoms with Crippen molar-refractivity contribution in [3.05, 3.63) is 76.9 Å². The highest BCUT2D eigenvalue weighted by Crippen LogP contribution is 2.32. The number of fused-ring (bicyclic) bond motifs is 1. The molecule has 0 amide bonds. The second-order valence-electron chi connectivity index (χ2n) is 6.51. The monoisotopic (exact) mass is 382 g/mol. The Bertz CT molecular complexity index is 935. The molecule has 1 unspecified atom stereocenters. The molecule has 0 bridgehead atoms. The highest BCUT2D eigenvalue weighted by atomic mass is 35.5. The lowest BCUT2D eigenvalue weighted by Crippen LogP contribution is -2.38. The summed E-state index contributed by atoms with van der Waals surface area (Å²) in [5.41, 5.74) is 3.66. The molecule has 0 aliphatic carbocycles. The molecule has 26 heavy (non-hydrogen) atoms. The van der Waals surface area contributed by atoms with Crippen LogP contribution in [0.3, 0.4) is 0 Å². The first-order valence-corrected chi connectivity index (χ1v) is 9.35. The molecule has 1 aliphatic rings. The third-order valence-corrected chi connectivity index (χ3v) is 5.11. The molecule has 0 radical (unpaired) electrons. The van der Waals surface area contributed by atoms with E-state index in [2.05, 4.69) is 40.4 Å². The van der Waals surface area contributed by atoms with E-state index in [4.69, 9.17) is 23.8 Å². The maximum absolute atomic E-state index is 5.93. The second kappa shape index (κ2) is 7.09. The highest BCUT2D eigenvalue weighted by Gasteiger charge is 2.28. The predicted molar refractivity (Wildman–Crippen MR) is 111 cm³/mol. The van der Waals surface area contributed by atoms with Crippen LogP contribution >= 0.6 is 23.8 Å². The number of hydrogen-bond donors (Lipinski definition) is 1. The van der Waals surface area contributed by atoms with Crippen molar-refractivity contribution < 1.29 is 0 Å². The quantitative estimate of drug-likeness (QED) is 0.664. The number of rotatable bonds is 3. The first-order valence-electron chi connectivity index (χ1n) is 8.56. The summed E-state index contributed by atoms with van der Waals surface area (Å²) in [6.45, 7) is 2.88. The second-order valence-corrected chi connectivity index (χ2v) is 7.33. The van der Waals surface area contributed by atoms with Gasteiger partial charge < -0.3 is 10.2 Å². The summed E-state index contributed by atoms with van der Waals surface area (Å²) in [4.78, 5) is 2.17. The molecule has 2 aromatic carbocycles. The number of anilines is 2. The average molecular weight is 383 g/mol. The molecular formula is C20H19ClN4S. The van der Waals surface area contributed by atoms with Gasteiger partial charge in [0.25, 0.3) is 0 Å². The van der Waals surface area contributed by atoms with Gasteiger partial charge in [0.2, 0.25) is 0 Å². The average Bonchev–Trinajstić information content (AvgIpc) is 3.19. The summed E-state index contributed by atoms with van der Waals surface area (Å²) in [5, 5.41) is 9.27. The zero-order chi connectivity index (χ0) is 18.1. The summed E-state index contributed by atoms with van der Waals surface area (Å²) >= 11 is 11.6. The fraction of sp³-hybridized carbons (Fsp3) is 0.200. The minimum atomic E-state index is 0.337. The molecule has 0 saturated heterocycles. The molecule has 1 aromatic heterocycles. The number of nitrogens with one attached hydrogen (secondary N) is 1. The number of para-hydroxylation sites is 1. The summed E-state index contributed by atoms with van der Waals surface area (Å²) in [7, 11) is 0. The standard InChI is InChI=1S/C20H19ClN4S/c1-14-12-16-4-2-3-5-18(16)25(14)20(26)22-19-10-11-24(23-19)13-15-6-8-17(21)9-7-15/h2-11,14H,12-13H2,1H3,(H,22,23,26). The zero-order valence-electron chi connectivity index (χ0n) is 14.4. The molecule has 1 aliphatic heterocycles. The molecule has 4 nitrogen and oxygen atoms in total. The Hall–Kier alpha value is -2.37. The van der Waals surface area contributed by atoms with Crippen LogP contribution in [0.15, 0.2) is 60.8 Å². The van der Waals surface area contributed by atoms with Gasteiger partial charge in [-0.15, -0.1) is 0 Å². The van der Waals surface area contributed by atoms with Gasteiger partial charge in [0.1, 0.15) is 0 Å². The number of benzene rings is 2. The minimum absolute atomic E-state index is 0.337. The Balaban J connectivity index is 1.46. The molecular weight excluding hydrogens is 364 g/mol. The van der Waals surface area contributed by atoms with Gasteiger partial charge in [-0.05, 0) is 54.9 Å². The van der Waals surface area contributed by atoms with Crippen LogP contribution in [0.2, 0.25) is 5.02 Å². The molecule has 6 heteroatoms. The van der Waals surface area contributed by atoms with E-state index in [-0.39, 0.29) is 0 Å². The molecule has 2 heterocycles. The van der Waals surface area contributed by atoms with Crippen LogP contribution in [0, 0.1) is 0 Å². The van der Waals surface area contributed by atoms with Crippen LogP contribution < -0.4 is 10.2 Å². The van der Waals surface area contributed by atoms with Gasteiger partial charge >= 0.3 is 0 Å². The van der Waals surface area contributed by atoms with E-state index >= 15 is 0 Å². The van der Waals surface area contributed by atoms with Crippen LogP contribution in [0.4, 0.5) is 11.5 Å². The Labute approximate surface area is 163 Å². The number of nitrogens with zero attached hydrogens (tertiary/aromatic N) is 3. The fourth-order valence-corrected chi connectivity index (χ4v) is 3.85. The molecule has 132 valence electrons. The molecule has 4 rings (SSSR count). The molecule has 0 fully saturated rings. The highest BCUT2D eigenvalue weighted by molar-refractivity contribution is 7.80. The Morgan fingerprint density at radius 1 is 1.19 bits per heavy atom. The Kier molecular flexibility index (Phi) is 4.66. The molecule has 3 aromatic rings. The van der Waals surface area contributed by atoms with Crippen molar-refractivity contribution >= 4 is 40.4 Å². The van der Waals surface area contributed by atoms with E-state index in [1.54, 1.807) is 0 Å². The van der Waals surface area contributed by atoms with Crippen LogP contribution in [-0.2, 0) is 13.0 Å². The minimum Gasteiger partial charge on any atom is -0.315 e. The SMILES string of the molecule is CC1Cc2ccccc2N1C(=S)Nc1ccn(Cc2ccc(Cl)cc2)n1. The maximum Gasteiger partial charge on any atom is 0.179 e. The summed E-state index contributed by atoms with van der Waals surface area (Å²) in [6, 6.07) is 18.5. The molecule has 0 spiro atoms. The summed E-state index contributed by atoms with van der Waals surface area (Å²) in [5.74, 6) is 0.751. The smallest absolute Gasteiger partial charge is 0.179 e. The van der Waals surface area contributed by atoms with Crippen LogP contribution in [0.25, 0.3) is 0 Å². The Morgan fingerprint density at radius 2 is 1.96 bits per heavy atom. The van der Waals surface area contributed by atoms with Crippen molar-refractivity contribution in [1.82, 2.24) is 9.78 Å². The lowest BCUT2D eigenvalue weighted by Gasteiger charge is -2.25. The van der Waals surface area contributed by atoms with Gasteiger partial charge in [0, 0.05) is 29.0 Å². The lowest BCUT2D eigenvalue weighted by molar-refractivity contribution is 0.690. The number of aromatic nitrogens is 2. The third-order valence-electron chi connectivity index (χ3n) is 4.56. The zero-order valence-corrected chi connectivity index (χ0v) is 16.0. The van der Waals surface area contributed by atoms with E-state index in [9.17, 15) is 0 Å². The Morgan fingerprint density at radius 3 is 2.77 bits per heavy atom.